The summed E-state index contributed by atoms with van der Waals surface area (Å²) in [4.78, 5) is 33.0. The minimum absolute atomic E-state index is 0.106. The Hall–Kier alpha value is -1.44. The third-order valence-corrected chi connectivity index (χ3v) is 5.07. The molecule has 0 spiro atoms. The van der Waals surface area contributed by atoms with E-state index in [-0.39, 0.29) is 29.8 Å². The van der Waals surface area contributed by atoms with Gasteiger partial charge in [-0.3, -0.25) is 9.59 Å². The zero-order valence-corrected chi connectivity index (χ0v) is 11.1. The zero-order valence-electron chi connectivity index (χ0n) is 10.3. The molecule has 4 atom stereocenters. The molecule has 0 saturated carbocycles. The van der Waals surface area contributed by atoms with Gasteiger partial charge >= 0.3 is 12.0 Å². The Morgan fingerprint density at radius 3 is 2.84 bits per heavy atom. The van der Waals surface area contributed by atoms with Crippen molar-refractivity contribution in [2.45, 2.75) is 36.6 Å². The van der Waals surface area contributed by atoms with E-state index < -0.39 is 17.8 Å². The van der Waals surface area contributed by atoms with Gasteiger partial charge in [-0.2, -0.15) is 11.8 Å². The van der Waals surface area contributed by atoms with Crippen LogP contribution in [0.2, 0.25) is 0 Å². The Balaban J connectivity index is 1.78. The summed E-state index contributed by atoms with van der Waals surface area (Å²) in [5.74, 6) is -2.20. The van der Waals surface area contributed by atoms with Crippen LogP contribution in [0.3, 0.4) is 0 Å². The fraction of sp³-hybridized carbons (Fsp3) is 0.727. The van der Waals surface area contributed by atoms with Crippen molar-refractivity contribution in [3.63, 3.8) is 0 Å². The Labute approximate surface area is 114 Å². The van der Waals surface area contributed by atoms with E-state index >= 15 is 0 Å². The van der Waals surface area contributed by atoms with Crippen molar-refractivity contribution in [1.82, 2.24) is 10.6 Å². The maximum atomic E-state index is 11.2. The molecule has 3 amide bonds. The lowest BCUT2D eigenvalue weighted by Gasteiger charge is -2.17. The van der Waals surface area contributed by atoms with Crippen LogP contribution in [0, 0.1) is 5.92 Å². The average Bonchev–Trinajstić information content (AvgIpc) is 2.83. The summed E-state index contributed by atoms with van der Waals surface area (Å²) in [6.45, 7) is 0. The quantitative estimate of drug-likeness (QED) is 0.388. The number of hydrogen-bond acceptors (Lipinski definition) is 4. The molecule has 0 aromatic heterocycles. The predicted molar refractivity (Wildman–Crippen MR) is 69.7 cm³/mol. The van der Waals surface area contributed by atoms with Gasteiger partial charge in [-0.15, -0.1) is 0 Å². The van der Waals surface area contributed by atoms with Gasteiger partial charge in [0.1, 0.15) is 5.92 Å². The monoisotopic (exact) mass is 287 g/mol. The molecule has 19 heavy (non-hydrogen) atoms. The Morgan fingerprint density at radius 2 is 2.21 bits per heavy atom. The Kier molecular flexibility index (Phi) is 4.18. The fourth-order valence-electron chi connectivity index (χ4n) is 2.55. The third-order valence-electron chi connectivity index (χ3n) is 3.56. The van der Waals surface area contributed by atoms with E-state index in [1.54, 1.807) is 11.8 Å². The predicted octanol–water partition coefficient (Wildman–Crippen LogP) is -0.492. The summed E-state index contributed by atoms with van der Waals surface area (Å²) in [6, 6.07) is 0.129. The van der Waals surface area contributed by atoms with E-state index in [2.05, 4.69) is 10.6 Å². The number of hydrogen-bond donors (Lipinski definition) is 4. The number of carbonyl (C=O) groups excluding carboxylic acids is 2. The molecule has 7 nitrogen and oxygen atoms in total. The number of amides is 3. The molecule has 2 aliphatic heterocycles. The van der Waals surface area contributed by atoms with E-state index in [1.165, 1.54) is 0 Å². The first-order chi connectivity index (χ1) is 8.99. The van der Waals surface area contributed by atoms with E-state index in [0.717, 1.165) is 12.2 Å². The van der Waals surface area contributed by atoms with Crippen LogP contribution in [0.25, 0.3) is 0 Å². The number of carbonyl (C=O) groups is 3. The molecule has 0 aromatic carbocycles. The van der Waals surface area contributed by atoms with Gasteiger partial charge in [0.2, 0.25) is 5.91 Å². The van der Waals surface area contributed by atoms with Gasteiger partial charge < -0.3 is 21.5 Å². The van der Waals surface area contributed by atoms with Crippen molar-refractivity contribution in [2.24, 2.45) is 11.7 Å². The molecule has 2 heterocycles. The maximum Gasteiger partial charge on any atom is 0.316 e. The highest BCUT2D eigenvalue weighted by molar-refractivity contribution is 8.00. The van der Waals surface area contributed by atoms with Gasteiger partial charge in [-0.05, 0) is 12.8 Å². The molecule has 2 saturated heterocycles. The molecule has 8 heteroatoms. The number of primary amides is 1. The number of aliphatic carboxylic acids is 1. The first kappa shape index (κ1) is 14.0. The van der Waals surface area contributed by atoms with Crippen molar-refractivity contribution in [3.8, 4) is 0 Å². The molecule has 2 aliphatic rings. The van der Waals surface area contributed by atoms with Gasteiger partial charge in [-0.25, -0.2) is 4.79 Å². The van der Waals surface area contributed by atoms with Crippen molar-refractivity contribution in [1.29, 1.82) is 0 Å². The first-order valence-corrected chi connectivity index (χ1v) is 7.24. The van der Waals surface area contributed by atoms with Crippen molar-refractivity contribution < 1.29 is 19.5 Å². The van der Waals surface area contributed by atoms with Crippen molar-refractivity contribution in [2.75, 3.05) is 5.75 Å². The summed E-state index contributed by atoms with van der Waals surface area (Å²) < 4.78 is 0. The van der Waals surface area contributed by atoms with E-state index in [9.17, 15) is 14.4 Å². The average molecular weight is 287 g/mol. The van der Waals surface area contributed by atoms with Crippen LogP contribution in [0.15, 0.2) is 0 Å². The lowest BCUT2D eigenvalue weighted by Crippen LogP contribution is -2.37. The number of nitrogens with one attached hydrogen (secondary N) is 2. The normalized spacial score (nSPS) is 30.3. The SMILES string of the molecule is NC(=O)C(CCC[C@@H]1SC[C@@H]2NC(=O)N[C@@H]21)C(=O)O. The number of nitrogens with two attached hydrogens (primary N) is 1. The van der Waals surface area contributed by atoms with Crippen molar-refractivity contribution in [3.05, 3.63) is 0 Å². The topological polar surface area (TPSA) is 122 Å². The molecule has 0 aliphatic carbocycles. The highest BCUT2D eigenvalue weighted by Gasteiger charge is 2.42. The summed E-state index contributed by atoms with van der Waals surface area (Å²) >= 11 is 1.76. The smallest absolute Gasteiger partial charge is 0.316 e. The number of fused-ring (bicyclic) bond motifs is 1. The Morgan fingerprint density at radius 1 is 1.47 bits per heavy atom. The van der Waals surface area contributed by atoms with Crippen LogP contribution < -0.4 is 16.4 Å². The van der Waals surface area contributed by atoms with Gasteiger partial charge in [0.05, 0.1) is 12.1 Å². The summed E-state index contributed by atoms with van der Waals surface area (Å²) in [5, 5.41) is 14.8. The molecule has 106 valence electrons. The minimum atomic E-state index is -1.17. The molecule has 1 unspecified atom stereocenters. The Bertz CT molecular complexity index is 389. The molecule has 2 fully saturated rings. The van der Waals surface area contributed by atoms with E-state index in [0.29, 0.717) is 6.42 Å². The lowest BCUT2D eigenvalue weighted by molar-refractivity contribution is -0.146. The second kappa shape index (κ2) is 5.68. The van der Waals surface area contributed by atoms with Crippen LogP contribution in [-0.4, -0.2) is 46.1 Å². The maximum absolute atomic E-state index is 11.2. The summed E-state index contributed by atoms with van der Waals surface area (Å²) in [7, 11) is 0. The van der Waals surface area contributed by atoms with Gasteiger partial charge in [0, 0.05) is 11.0 Å². The highest BCUT2D eigenvalue weighted by Crippen LogP contribution is 2.33. The van der Waals surface area contributed by atoms with E-state index in [1.807, 2.05) is 0 Å². The second-order valence-electron chi connectivity index (χ2n) is 4.85. The van der Waals surface area contributed by atoms with Crippen LogP contribution in [0.1, 0.15) is 19.3 Å². The largest absolute Gasteiger partial charge is 0.481 e. The third kappa shape index (κ3) is 3.12. The zero-order chi connectivity index (χ0) is 14.0. The number of rotatable bonds is 6. The fourth-order valence-corrected chi connectivity index (χ4v) is 4.10. The molecular formula is C11H17N3O4S. The number of thioether (sulfide) groups is 1. The molecule has 5 N–H and O–H groups in total. The standard InChI is InChI=1S/C11H17N3O4S/c12-9(15)5(10(16)17)2-1-3-7-8-6(4-19-7)13-11(18)14-8/h5-8H,1-4H2,(H2,12,15)(H,16,17)(H2,13,14,18)/t5?,6-,7-,8-/m0/s1. The van der Waals surface area contributed by atoms with E-state index in [4.69, 9.17) is 10.8 Å². The van der Waals surface area contributed by atoms with Gasteiger partial charge in [0.15, 0.2) is 0 Å². The number of urea groups is 1. The second-order valence-corrected chi connectivity index (χ2v) is 6.12. The van der Waals surface area contributed by atoms with Crippen molar-refractivity contribution >= 4 is 29.7 Å². The molecule has 0 aromatic rings. The van der Waals surface area contributed by atoms with Crippen LogP contribution in [0.4, 0.5) is 4.79 Å². The van der Waals surface area contributed by atoms with Gasteiger partial charge in [-0.1, -0.05) is 6.42 Å². The lowest BCUT2D eigenvalue weighted by atomic mass is 9.98. The highest BCUT2D eigenvalue weighted by atomic mass is 32.2. The molecule has 0 bridgehead atoms. The molecule has 2 rings (SSSR count). The number of carboxylic acids is 1. The first-order valence-electron chi connectivity index (χ1n) is 6.20. The number of carboxylic acid groups (broad SMARTS) is 1. The summed E-state index contributed by atoms with van der Waals surface area (Å²) in [5.41, 5.74) is 5.04. The minimum Gasteiger partial charge on any atom is -0.481 e. The van der Waals surface area contributed by atoms with Crippen LogP contribution in [-0.2, 0) is 9.59 Å². The van der Waals surface area contributed by atoms with Crippen LogP contribution >= 0.6 is 11.8 Å². The van der Waals surface area contributed by atoms with Crippen LogP contribution in [0.5, 0.6) is 0 Å². The van der Waals surface area contributed by atoms with Gasteiger partial charge in [0.25, 0.3) is 0 Å². The molecule has 0 radical (unpaired) electrons. The summed E-state index contributed by atoms with van der Waals surface area (Å²) in [6.07, 6.45) is 1.63. The molecular weight excluding hydrogens is 270 g/mol.